The largest absolute Gasteiger partial charge is 0.363 e. The molecule has 0 aromatic heterocycles. The Kier molecular flexibility index (Phi) is 3.27. The van der Waals surface area contributed by atoms with Gasteiger partial charge in [0.05, 0.1) is 11.7 Å². The standard InChI is InChI=1S/C20H28F2O2/c1-12-13(2)18(9-7-16(12)23-18)17(4,5)8-6-15-14(3)19(21)10-11-20(15,22)24-19/h16H,6-11H2,1-5H3. The average molecular weight is 338 g/mol. The van der Waals surface area contributed by atoms with Crippen molar-refractivity contribution < 1.29 is 18.3 Å². The summed E-state index contributed by atoms with van der Waals surface area (Å²) < 4.78 is 41.1. The third-order valence-corrected chi connectivity index (χ3v) is 7.43. The molecule has 4 rings (SSSR count). The monoisotopic (exact) mass is 338 g/mol. The second-order valence-corrected chi connectivity index (χ2v) is 8.83. The summed E-state index contributed by atoms with van der Waals surface area (Å²) in [4.78, 5) is 0. The first-order chi connectivity index (χ1) is 11.0. The summed E-state index contributed by atoms with van der Waals surface area (Å²) in [7, 11) is 0. The normalized spacial score (nSPS) is 44.4. The first-order valence-electron chi connectivity index (χ1n) is 9.19. The molecule has 134 valence electrons. The van der Waals surface area contributed by atoms with Crippen molar-refractivity contribution in [3.05, 3.63) is 22.3 Å². The fourth-order valence-electron chi connectivity index (χ4n) is 5.52. The molecule has 4 aliphatic rings. The number of alkyl halides is 2. The fraction of sp³-hybridized carbons (Fsp3) is 0.800. The second-order valence-electron chi connectivity index (χ2n) is 8.83. The number of halogens is 2. The van der Waals surface area contributed by atoms with Crippen LogP contribution in [0.2, 0.25) is 0 Å². The van der Waals surface area contributed by atoms with Gasteiger partial charge in [0, 0.05) is 12.8 Å². The molecule has 24 heavy (non-hydrogen) atoms. The molecule has 4 heterocycles. The molecule has 0 spiro atoms. The highest BCUT2D eigenvalue weighted by Crippen LogP contribution is 2.60. The van der Waals surface area contributed by atoms with Crippen LogP contribution >= 0.6 is 0 Å². The summed E-state index contributed by atoms with van der Waals surface area (Å²) in [5.74, 6) is -3.76. The highest BCUT2D eigenvalue weighted by Gasteiger charge is 2.62. The lowest BCUT2D eigenvalue weighted by molar-refractivity contribution is -0.168. The number of rotatable bonds is 4. The van der Waals surface area contributed by atoms with Gasteiger partial charge in [0.15, 0.2) is 0 Å². The van der Waals surface area contributed by atoms with Crippen LogP contribution in [0.4, 0.5) is 8.78 Å². The predicted octanol–water partition coefficient (Wildman–Crippen LogP) is 5.53. The van der Waals surface area contributed by atoms with Crippen LogP contribution in [-0.4, -0.2) is 23.4 Å². The van der Waals surface area contributed by atoms with E-state index in [0.29, 0.717) is 17.6 Å². The molecular formula is C20H28F2O2. The maximum Gasteiger partial charge on any atom is 0.235 e. The van der Waals surface area contributed by atoms with Gasteiger partial charge >= 0.3 is 0 Å². The van der Waals surface area contributed by atoms with Crippen molar-refractivity contribution in [2.75, 3.05) is 0 Å². The minimum absolute atomic E-state index is 0.126. The molecule has 0 saturated carbocycles. The smallest absolute Gasteiger partial charge is 0.235 e. The minimum atomic E-state index is -1.89. The van der Waals surface area contributed by atoms with Crippen molar-refractivity contribution in [2.45, 2.75) is 96.6 Å². The van der Waals surface area contributed by atoms with Crippen LogP contribution in [0.25, 0.3) is 0 Å². The maximum absolute atomic E-state index is 15.0. The number of fused-ring (bicyclic) bond motifs is 4. The van der Waals surface area contributed by atoms with Crippen molar-refractivity contribution in [3.63, 3.8) is 0 Å². The first kappa shape index (κ1) is 16.7. The van der Waals surface area contributed by atoms with E-state index in [1.54, 1.807) is 6.92 Å². The zero-order chi connectivity index (χ0) is 17.5. The molecule has 4 bridgehead atoms. The van der Waals surface area contributed by atoms with Crippen molar-refractivity contribution in [1.29, 1.82) is 0 Å². The maximum atomic E-state index is 15.0. The van der Waals surface area contributed by atoms with E-state index < -0.39 is 11.7 Å². The summed E-state index contributed by atoms with van der Waals surface area (Å²) in [6.07, 6.45) is 3.91. The lowest BCUT2D eigenvalue weighted by Crippen LogP contribution is -2.44. The average Bonchev–Trinajstić information content (AvgIpc) is 3.18. The van der Waals surface area contributed by atoms with E-state index in [0.717, 1.165) is 19.3 Å². The molecule has 2 fully saturated rings. The Morgan fingerprint density at radius 1 is 1.04 bits per heavy atom. The Morgan fingerprint density at radius 2 is 1.71 bits per heavy atom. The number of hydrogen-bond acceptors (Lipinski definition) is 2. The molecule has 0 aromatic carbocycles. The van der Waals surface area contributed by atoms with Gasteiger partial charge < -0.3 is 9.47 Å². The Balaban J connectivity index is 1.58. The summed E-state index contributed by atoms with van der Waals surface area (Å²) in [6, 6.07) is 0. The molecule has 0 N–H and O–H groups in total. The van der Waals surface area contributed by atoms with E-state index >= 15 is 0 Å². The molecule has 0 amide bonds. The highest BCUT2D eigenvalue weighted by molar-refractivity contribution is 5.38. The second kappa shape index (κ2) is 4.70. The lowest BCUT2D eigenvalue weighted by atomic mass is 9.64. The molecule has 0 radical (unpaired) electrons. The van der Waals surface area contributed by atoms with Crippen LogP contribution in [0.1, 0.15) is 73.1 Å². The predicted molar refractivity (Wildman–Crippen MR) is 88.9 cm³/mol. The van der Waals surface area contributed by atoms with E-state index in [-0.39, 0.29) is 30.0 Å². The van der Waals surface area contributed by atoms with Crippen LogP contribution in [0.3, 0.4) is 0 Å². The SMILES string of the molecule is CC1=C(C)C2(C(C)(C)CCC3=C(C)C4(F)CCC3(F)O4)CCC1O2. The van der Waals surface area contributed by atoms with Crippen LogP contribution in [0.5, 0.6) is 0 Å². The molecule has 4 atom stereocenters. The topological polar surface area (TPSA) is 18.5 Å². The molecule has 2 nitrogen and oxygen atoms in total. The minimum Gasteiger partial charge on any atom is -0.363 e. The van der Waals surface area contributed by atoms with Crippen molar-refractivity contribution >= 4 is 0 Å². The highest BCUT2D eigenvalue weighted by atomic mass is 19.2. The van der Waals surface area contributed by atoms with E-state index in [4.69, 9.17) is 9.47 Å². The molecule has 0 aromatic rings. The van der Waals surface area contributed by atoms with E-state index in [1.807, 2.05) is 0 Å². The zero-order valence-electron chi connectivity index (χ0n) is 15.4. The quantitative estimate of drug-likeness (QED) is 0.627. The molecule has 4 aliphatic heterocycles. The third kappa shape index (κ3) is 1.87. The van der Waals surface area contributed by atoms with Gasteiger partial charge in [-0.2, -0.15) is 0 Å². The number of ether oxygens (including phenoxy) is 2. The first-order valence-corrected chi connectivity index (χ1v) is 9.19. The summed E-state index contributed by atoms with van der Waals surface area (Å²) in [5, 5.41) is 0. The van der Waals surface area contributed by atoms with E-state index in [1.165, 1.54) is 11.1 Å². The van der Waals surface area contributed by atoms with Crippen LogP contribution in [-0.2, 0) is 9.47 Å². The summed E-state index contributed by atoms with van der Waals surface area (Å²) in [6.45, 7) is 10.4. The van der Waals surface area contributed by atoms with Crippen molar-refractivity contribution in [1.82, 2.24) is 0 Å². The Bertz CT molecular complexity index is 665. The van der Waals surface area contributed by atoms with Gasteiger partial charge in [0.2, 0.25) is 11.7 Å². The Hall–Kier alpha value is -0.740. The van der Waals surface area contributed by atoms with Gasteiger partial charge in [-0.05, 0) is 74.2 Å². The van der Waals surface area contributed by atoms with Crippen molar-refractivity contribution in [3.8, 4) is 0 Å². The Labute approximate surface area is 143 Å². The molecule has 4 heteroatoms. The van der Waals surface area contributed by atoms with Crippen LogP contribution in [0.15, 0.2) is 22.3 Å². The van der Waals surface area contributed by atoms with E-state index in [9.17, 15) is 8.78 Å². The van der Waals surface area contributed by atoms with Crippen molar-refractivity contribution in [2.24, 2.45) is 5.41 Å². The van der Waals surface area contributed by atoms with Gasteiger partial charge in [-0.1, -0.05) is 13.8 Å². The Morgan fingerprint density at radius 3 is 2.25 bits per heavy atom. The van der Waals surface area contributed by atoms with Gasteiger partial charge in [-0.25, -0.2) is 8.78 Å². The van der Waals surface area contributed by atoms with Gasteiger partial charge in [0.1, 0.15) is 0 Å². The lowest BCUT2D eigenvalue weighted by Gasteiger charge is -2.43. The third-order valence-electron chi connectivity index (χ3n) is 7.43. The van der Waals surface area contributed by atoms with Crippen LogP contribution < -0.4 is 0 Å². The molecule has 4 unspecified atom stereocenters. The zero-order valence-corrected chi connectivity index (χ0v) is 15.4. The van der Waals surface area contributed by atoms with Gasteiger partial charge in [-0.15, -0.1) is 0 Å². The summed E-state index contributed by atoms with van der Waals surface area (Å²) >= 11 is 0. The fourth-order valence-corrected chi connectivity index (χ4v) is 5.52. The summed E-state index contributed by atoms with van der Waals surface area (Å²) in [5.41, 5.74) is 3.33. The van der Waals surface area contributed by atoms with Gasteiger partial charge in [-0.3, -0.25) is 0 Å². The van der Waals surface area contributed by atoms with Crippen LogP contribution in [0, 0.1) is 5.41 Å². The molecule has 2 saturated heterocycles. The number of hydrogen-bond donors (Lipinski definition) is 0. The van der Waals surface area contributed by atoms with Gasteiger partial charge in [0.25, 0.3) is 0 Å². The van der Waals surface area contributed by atoms with E-state index in [2.05, 4.69) is 27.7 Å². The molecule has 0 aliphatic carbocycles. The molecular weight excluding hydrogens is 310 g/mol.